The van der Waals surface area contributed by atoms with Crippen LogP contribution in [0.15, 0.2) is 4.52 Å². The van der Waals surface area contributed by atoms with Crippen LogP contribution in [0.4, 0.5) is 0 Å². The fourth-order valence-corrected chi connectivity index (χ4v) is 1.68. The molecular formula is C10H15N3O4. The highest BCUT2D eigenvalue weighted by molar-refractivity contribution is 5.72. The summed E-state index contributed by atoms with van der Waals surface area (Å²) in [6.45, 7) is 3.85. The van der Waals surface area contributed by atoms with Crippen LogP contribution in [0.5, 0.6) is 0 Å². The molecule has 0 aliphatic carbocycles. The first-order valence-electron chi connectivity index (χ1n) is 5.57. The van der Waals surface area contributed by atoms with Crippen molar-refractivity contribution in [1.29, 1.82) is 0 Å². The Morgan fingerprint density at radius 3 is 3.12 bits per heavy atom. The van der Waals surface area contributed by atoms with Gasteiger partial charge in [0, 0.05) is 19.5 Å². The summed E-state index contributed by atoms with van der Waals surface area (Å²) in [6, 6.07) is 0. The summed E-state index contributed by atoms with van der Waals surface area (Å²) in [6.07, 6.45) is -0.0398. The van der Waals surface area contributed by atoms with Crippen molar-refractivity contribution in [3.8, 4) is 0 Å². The van der Waals surface area contributed by atoms with E-state index < -0.39 is 12.1 Å². The van der Waals surface area contributed by atoms with Crippen molar-refractivity contribution in [2.45, 2.75) is 26.0 Å². The predicted molar refractivity (Wildman–Crippen MR) is 56.3 cm³/mol. The van der Waals surface area contributed by atoms with Gasteiger partial charge in [-0.15, -0.1) is 0 Å². The Labute approximate surface area is 98.4 Å². The van der Waals surface area contributed by atoms with Crippen molar-refractivity contribution in [3.05, 3.63) is 11.7 Å². The Balaban J connectivity index is 1.92. The number of aliphatic carboxylic acids is 1. The average Bonchev–Trinajstić information content (AvgIpc) is 2.77. The second-order valence-corrected chi connectivity index (χ2v) is 3.89. The van der Waals surface area contributed by atoms with Gasteiger partial charge in [0.1, 0.15) is 0 Å². The normalized spacial score (nSPS) is 21.6. The molecule has 1 aliphatic rings. The zero-order chi connectivity index (χ0) is 12.3. The van der Waals surface area contributed by atoms with E-state index in [2.05, 4.69) is 10.1 Å². The van der Waals surface area contributed by atoms with Crippen LogP contribution < -0.4 is 0 Å². The summed E-state index contributed by atoms with van der Waals surface area (Å²) < 4.78 is 10.2. The topological polar surface area (TPSA) is 88.7 Å². The fourth-order valence-electron chi connectivity index (χ4n) is 1.68. The van der Waals surface area contributed by atoms with E-state index in [0.29, 0.717) is 38.0 Å². The number of ether oxygens (including phenoxy) is 1. The standard InChI is InChI=1S/C10H15N3O4/c1-2-8-11-9(17-12-8)6-13-3-4-16-7(5-13)10(14)15/h7H,2-6H2,1H3,(H,14,15). The molecule has 0 spiro atoms. The molecule has 1 N–H and O–H groups in total. The van der Waals surface area contributed by atoms with Gasteiger partial charge >= 0.3 is 5.97 Å². The molecule has 2 rings (SSSR count). The lowest BCUT2D eigenvalue weighted by Crippen LogP contribution is -2.45. The number of aryl methyl sites for hydroxylation is 1. The van der Waals surface area contributed by atoms with Gasteiger partial charge in [-0.3, -0.25) is 4.90 Å². The van der Waals surface area contributed by atoms with Crippen molar-refractivity contribution in [2.75, 3.05) is 19.7 Å². The minimum absolute atomic E-state index is 0.346. The number of carbonyl (C=O) groups is 1. The Bertz CT molecular complexity index is 393. The Morgan fingerprint density at radius 1 is 1.65 bits per heavy atom. The molecule has 7 nitrogen and oxygen atoms in total. The highest BCUT2D eigenvalue weighted by Crippen LogP contribution is 2.09. The number of carboxylic acid groups (broad SMARTS) is 1. The van der Waals surface area contributed by atoms with Gasteiger partial charge in [0.25, 0.3) is 0 Å². The number of nitrogens with zero attached hydrogens (tertiary/aromatic N) is 3. The number of hydrogen-bond acceptors (Lipinski definition) is 6. The highest BCUT2D eigenvalue weighted by Gasteiger charge is 2.27. The van der Waals surface area contributed by atoms with Gasteiger partial charge in [-0.25, -0.2) is 4.79 Å². The lowest BCUT2D eigenvalue weighted by molar-refractivity contribution is -0.156. The second-order valence-electron chi connectivity index (χ2n) is 3.89. The van der Waals surface area contributed by atoms with E-state index >= 15 is 0 Å². The molecule has 1 aromatic rings. The van der Waals surface area contributed by atoms with E-state index in [-0.39, 0.29) is 0 Å². The van der Waals surface area contributed by atoms with Crippen LogP contribution >= 0.6 is 0 Å². The molecule has 1 fully saturated rings. The van der Waals surface area contributed by atoms with Crippen molar-refractivity contribution < 1.29 is 19.2 Å². The lowest BCUT2D eigenvalue weighted by Gasteiger charge is -2.29. The largest absolute Gasteiger partial charge is 0.479 e. The minimum Gasteiger partial charge on any atom is -0.479 e. The Morgan fingerprint density at radius 2 is 2.47 bits per heavy atom. The Hall–Kier alpha value is -1.47. The molecule has 1 atom stereocenters. The zero-order valence-electron chi connectivity index (χ0n) is 9.63. The van der Waals surface area contributed by atoms with Gasteiger partial charge < -0.3 is 14.4 Å². The van der Waals surface area contributed by atoms with E-state index in [0.717, 1.165) is 6.42 Å². The molecule has 0 aromatic carbocycles. The first-order valence-corrected chi connectivity index (χ1v) is 5.57. The molecule has 1 aliphatic heterocycles. The minimum atomic E-state index is -0.936. The van der Waals surface area contributed by atoms with Crippen LogP contribution in [-0.2, 0) is 22.5 Å². The van der Waals surface area contributed by atoms with Gasteiger partial charge in [0.2, 0.25) is 5.89 Å². The smallest absolute Gasteiger partial charge is 0.334 e. The monoisotopic (exact) mass is 241 g/mol. The molecule has 7 heteroatoms. The van der Waals surface area contributed by atoms with Gasteiger partial charge in [-0.05, 0) is 0 Å². The first kappa shape index (κ1) is 12.0. The summed E-state index contributed by atoms with van der Waals surface area (Å²) in [7, 11) is 0. The fraction of sp³-hybridized carbons (Fsp3) is 0.700. The molecule has 2 heterocycles. The van der Waals surface area contributed by atoms with Crippen molar-refractivity contribution in [1.82, 2.24) is 15.0 Å². The van der Waals surface area contributed by atoms with Crippen molar-refractivity contribution in [2.24, 2.45) is 0 Å². The van der Waals surface area contributed by atoms with Gasteiger partial charge in [-0.2, -0.15) is 4.98 Å². The second kappa shape index (κ2) is 5.24. The van der Waals surface area contributed by atoms with Gasteiger partial charge in [0.15, 0.2) is 11.9 Å². The third-order valence-corrected chi connectivity index (χ3v) is 2.61. The maximum absolute atomic E-state index is 10.8. The van der Waals surface area contributed by atoms with Crippen molar-refractivity contribution >= 4 is 5.97 Å². The summed E-state index contributed by atoms with van der Waals surface area (Å²) >= 11 is 0. The SMILES string of the molecule is CCc1noc(CN2CCOC(C(=O)O)C2)n1. The third-order valence-electron chi connectivity index (χ3n) is 2.61. The zero-order valence-corrected chi connectivity index (χ0v) is 9.63. The Kier molecular flexibility index (Phi) is 3.70. The first-order chi connectivity index (χ1) is 8.19. The number of hydrogen-bond donors (Lipinski definition) is 1. The summed E-state index contributed by atoms with van der Waals surface area (Å²) in [5, 5.41) is 12.7. The molecule has 94 valence electrons. The maximum atomic E-state index is 10.8. The molecular weight excluding hydrogens is 226 g/mol. The molecule has 1 aromatic heterocycles. The van der Waals surface area contributed by atoms with E-state index in [4.69, 9.17) is 14.4 Å². The molecule has 0 radical (unpaired) electrons. The van der Waals surface area contributed by atoms with Gasteiger partial charge in [-0.1, -0.05) is 12.1 Å². The number of aromatic nitrogens is 2. The van der Waals surface area contributed by atoms with Crippen LogP contribution in [0.25, 0.3) is 0 Å². The van der Waals surface area contributed by atoms with E-state index in [1.165, 1.54) is 0 Å². The van der Waals surface area contributed by atoms with Crippen LogP contribution in [0.3, 0.4) is 0 Å². The maximum Gasteiger partial charge on any atom is 0.334 e. The molecule has 0 amide bonds. The van der Waals surface area contributed by atoms with Crippen LogP contribution in [0.2, 0.25) is 0 Å². The molecule has 1 saturated heterocycles. The predicted octanol–water partition coefficient (Wildman–Crippen LogP) is -0.0826. The van der Waals surface area contributed by atoms with E-state index in [9.17, 15) is 4.79 Å². The quantitative estimate of drug-likeness (QED) is 0.788. The van der Waals surface area contributed by atoms with Crippen LogP contribution in [0, 0.1) is 0 Å². The van der Waals surface area contributed by atoms with E-state index in [1.54, 1.807) is 0 Å². The number of morpholine rings is 1. The van der Waals surface area contributed by atoms with Crippen LogP contribution in [0.1, 0.15) is 18.6 Å². The molecule has 1 unspecified atom stereocenters. The third kappa shape index (κ3) is 3.01. The summed E-state index contributed by atoms with van der Waals surface area (Å²) in [5.41, 5.74) is 0. The lowest BCUT2D eigenvalue weighted by atomic mass is 10.3. The van der Waals surface area contributed by atoms with Crippen LogP contribution in [-0.4, -0.2) is 51.9 Å². The van der Waals surface area contributed by atoms with E-state index in [1.807, 2.05) is 11.8 Å². The highest BCUT2D eigenvalue weighted by atomic mass is 16.5. The molecule has 0 saturated carbocycles. The molecule has 17 heavy (non-hydrogen) atoms. The number of carboxylic acids is 1. The summed E-state index contributed by atoms with van der Waals surface area (Å²) in [5.74, 6) is 0.255. The summed E-state index contributed by atoms with van der Waals surface area (Å²) in [4.78, 5) is 16.9. The van der Waals surface area contributed by atoms with Crippen molar-refractivity contribution in [3.63, 3.8) is 0 Å². The number of rotatable bonds is 4. The average molecular weight is 241 g/mol. The van der Waals surface area contributed by atoms with Gasteiger partial charge in [0.05, 0.1) is 13.2 Å². The molecule has 0 bridgehead atoms.